The molecule has 0 radical (unpaired) electrons. The number of amides is 5. The van der Waals surface area contributed by atoms with Crippen molar-refractivity contribution in [3.05, 3.63) is 101 Å². The topological polar surface area (TPSA) is 227 Å². The summed E-state index contributed by atoms with van der Waals surface area (Å²) in [6.07, 6.45) is 12.9. The van der Waals surface area contributed by atoms with Gasteiger partial charge < -0.3 is 35.4 Å². The molecule has 75 heavy (non-hydrogen) atoms. The molecule has 1 saturated carbocycles. The quantitative estimate of drug-likeness (QED) is 0.0450. The van der Waals surface area contributed by atoms with Gasteiger partial charge in [0.05, 0.1) is 62.2 Å². The van der Waals surface area contributed by atoms with E-state index in [1.807, 2.05) is 88.7 Å². The number of nitrogens with one attached hydrogen (secondary N) is 4. The van der Waals surface area contributed by atoms with Gasteiger partial charge in [-0.15, -0.1) is 11.3 Å². The molecule has 5 amide bonds. The molecule has 1 aliphatic heterocycles. The average molecular weight is 1060 g/mol. The summed E-state index contributed by atoms with van der Waals surface area (Å²) in [4.78, 5) is 87.5. The first-order chi connectivity index (χ1) is 36.1. The van der Waals surface area contributed by atoms with Crippen molar-refractivity contribution >= 4 is 73.4 Å². The second-order valence-corrected chi connectivity index (χ2v) is 22.4. The molecule has 4 aromatic heterocycles. The molecule has 0 unspecified atom stereocenters. The Morgan fingerprint density at radius 2 is 1.61 bits per heavy atom. The number of ether oxygens (including phenoxy) is 2. The molecule has 0 bridgehead atoms. The van der Waals surface area contributed by atoms with Gasteiger partial charge in [0.25, 0.3) is 5.91 Å². The minimum absolute atomic E-state index is 0.0395. The van der Waals surface area contributed by atoms with E-state index in [0.29, 0.717) is 42.4 Å². The predicted octanol–water partition coefficient (Wildman–Crippen LogP) is 10.2. The Bertz CT molecular complexity index is 2970. The molecule has 1 saturated heterocycles. The number of nitrogens with zero attached hydrogens (tertiary/aromatic N) is 5. The highest BCUT2D eigenvalue weighted by molar-refractivity contribution is 7.22. The van der Waals surface area contributed by atoms with Crippen molar-refractivity contribution in [1.29, 1.82) is 0 Å². The molecular formula is C56H67N9O8S2. The molecule has 1 aliphatic carbocycles. The molecule has 2 aromatic carbocycles. The van der Waals surface area contributed by atoms with Crippen LogP contribution in [0.3, 0.4) is 0 Å². The number of likely N-dealkylation sites (tertiary alicyclic amines) is 1. The van der Waals surface area contributed by atoms with Crippen LogP contribution in [0.5, 0.6) is 5.75 Å². The lowest BCUT2D eigenvalue weighted by atomic mass is 9.85. The van der Waals surface area contributed by atoms with Crippen LogP contribution in [0.1, 0.15) is 125 Å². The summed E-state index contributed by atoms with van der Waals surface area (Å²) in [5.41, 5.74) is 7.97. The molecule has 3 atom stereocenters. The maximum absolute atomic E-state index is 14.3. The van der Waals surface area contributed by atoms with Gasteiger partial charge in [-0.3, -0.25) is 34.5 Å². The Balaban J connectivity index is 0.757. The third kappa shape index (κ3) is 14.5. The molecule has 19 heteroatoms. The Kier molecular flexibility index (Phi) is 18.2. The number of thiazole rings is 2. The SMILES string of the molecule is Cc1ncc(-c2ccc3nc(NC(=O)CCCCCCCOc4cnccc4C(=O)N[C@H](C(=O)N4C[C@H](O)C[C@H]4C(=O)NCc4ccc(-c5scnc5C)cc4)C(C)(C)C)sc3c2)cc1NC(=O)OC1CCCCC1. The van der Waals surface area contributed by atoms with Crippen LogP contribution < -0.4 is 26.0 Å². The zero-order chi connectivity index (χ0) is 53.1. The number of hydrogen-bond donors (Lipinski definition) is 5. The predicted molar refractivity (Wildman–Crippen MR) is 292 cm³/mol. The molecule has 2 fully saturated rings. The van der Waals surface area contributed by atoms with E-state index in [1.165, 1.54) is 35.1 Å². The molecular weight excluding hydrogens is 991 g/mol. The first kappa shape index (κ1) is 54.4. The van der Waals surface area contributed by atoms with Gasteiger partial charge in [0, 0.05) is 43.9 Å². The molecule has 2 aliphatic rings. The zero-order valence-corrected chi connectivity index (χ0v) is 44.9. The molecule has 5 N–H and O–H groups in total. The van der Waals surface area contributed by atoms with Crippen LogP contribution in [0.15, 0.2) is 78.7 Å². The Labute approximate surface area is 445 Å². The zero-order valence-electron chi connectivity index (χ0n) is 43.3. The van der Waals surface area contributed by atoms with Crippen molar-refractivity contribution in [2.75, 3.05) is 23.8 Å². The Hall–Kier alpha value is -6.83. The molecule has 6 aromatic rings. The normalized spacial score (nSPS) is 16.3. The van der Waals surface area contributed by atoms with E-state index in [0.717, 1.165) is 88.0 Å². The third-order valence-electron chi connectivity index (χ3n) is 13.6. The van der Waals surface area contributed by atoms with Gasteiger partial charge in [-0.1, -0.05) is 88.1 Å². The standard InChI is InChI=1S/C56H67N9O8S2/c1-34-44(62-55(71)73-41-14-10-9-11-15-41)26-39(30-58-34)38-21-22-43-47(27-38)75-54(61-43)63-48(67)16-12-7-6-8-13-25-72-46-31-57-24-23-42(46)51(68)64-50(56(3,4)5)53(70)65-32-40(66)28-45(65)52(69)59-29-36-17-19-37(20-18-36)49-35(2)60-33-74-49/h17-24,26-27,30-31,33,40-41,45,50,66H,6-16,25,28-29,32H2,1-5H3,(H,59,69)(H,62,71)(H,64,68)(H,61,63,67)/t40-,45+,50-/m1/s1. The monoisotopic (exact) mass is 1060 g/mol. The third-order valence-corrected chi connectivity index (χ3v) is 15.5. The van der Waals surface area contributed by atoms with Crippen molar-refractivity contribution in [3.8, 4) is 27.3 Å². The van der Waals surface area contributed by atoms with Crippen LogP contribution in [0, 0.1) is 19.3 Å². The van der Waals surface area contributed by atoms with Gasteiger partial charge in [-0.25, -0.2) is 14.8 Å². The van der Waals surface area contributed by atoms with Crippen LogP contribution in [0.25, 0.3) is 31.8 Å². The lowest BCUT2D eigenvalue weighted by Gasteiger charge is -2.35. The number of aryl methyl sites for hydroxylation is 2. The summed E-state index contributed by atoms with van der Waals surface area (Å²) in [6, 6.07) is 15.2. The number of unbranched alkanes of at least 4 members (excludes halogenated alkanes) is 4. The summed E-state index contributed by atoms with van der Waals surface area (Å²) < 4.78 is 12.6. The van der Waals surface area contributed by atoms with Crippen molar-refractivity contribution in [1.82, 2.24) is 35.5 Å². The number of β-amino-alcohol motifs (C(OH)–C–C–N with tert-alkyl or cyclic N) is 1. The highest BCUT2D eigenvalue weighted by Gasteiger charge is 2.44. The van der Waals surface area contributed by atoms with Gasteiger partial charge >= 0.3 is 6.09 Å². The van der Waals surface area contributed by atoms with Crippen LogP contribution in [0.4, 0.5) is 15.6 Å². The first-order valence-electron chi connectivity index (χ1n) is 25.9. The fraction of sp³-hybridized carbons (Fsp3) is 0.446. The van der Waals surface area contributed by atoms with Crippen molar-refractivity contribution in [2.24, 2.45) is 5.41 Å². The second kappa shape index (κ2) is 25.1. The van der Waals surface area contributed by atoms with E-state index < -0.39 is 41.5 Å². The van der Waals surface area contributed by atoms with Crippen LogP contribution in [-0.2, 0) is 25.7 Å². The number of carbonyl (C=O) groups is 5. The summed E-state index contributed by atoms with van der Waals surface area (Å²) in [7, 11) is 0. The van der Waals surface area contributed by atoms with E-state index >= 15 is 0 Å². The highest BCUT2D eigenvalue weighted by atomic mass is 32.1. The number of hydrogen-bond acceptors (Lipinski definition) is 14. The number of benzene rings is 2. The summed E-state index contributed by atoms with van der Waals surface area (Å²) in [5, 5.41) is 22.9. The van der Waals surface area contributed by atoms with Crippen molar-refractivity contribution in [3.63, 3.8) is 0 Å². The smallest absolute Gasteiger partial charge is 0.411 e. The number of aliphatic hydroxyl groups is 1. The number of rotatable bonds is 20. The number of fused-ring (bicyclic) bond motifs is 1. The average Bonchev–Trinajstić information content (AvgIpc) is 4.13. The number of carbonyl (C=O) groups excluding carboxylic acids is 5. The minimum atomic E-state index is -1.03. The highest BCUT2D eigenvalue weighted by Crippen LogP contribution is 2.33. The maximum atomic E-state index is 14.3. The van der Waals surface area contributed by atoms with Gasteiger partial charge in [0.15, 0.2) is 5.13 Å². The summed E-state index contributed by atoms with van der Waals surface area (Å²) in [5.74, 6) is -1.19. The summed E-state index contributed by atoms with van der Waals surface area (Å²) in [6.45, 7) is 9.86. The van der Waals surface area contributed by atoms with Gasteiger partial charge in [-0.05, 0) is 98.7 Å². The van der Waals surface area contributed by atoms with Crippen molar-refractivity contribution in [2.45, 2.75) is 143 Å². The number of pyridine rings is 2. The fourth-order valence-electron chi connectivity index (χ4n) is 9.40. The first-order valence-corrected chi connectivity index (χ1v) is 27.6. The second-order valence-electron chi connectivity index (χ2n) is 20.5. The van der Waals surface area contributed by atoms with E-state index in [4.69, 9.17) is 9.47 Å². The molecule has 0 spiro atoms. The lowest BCUT2D eigenvalue weighted by molar-refractivity contribution is -0.142. The largest absolute Gasteiger partial charge is 0.491 e. The summed E-state index contributed by atoms with van der Waals surface area (Å²) >= 11 is 2.97. The van der Waals surface area contributed by atoms with Gasteiger partial charge in [0.2, 0.25) is 17.7 Å². The number of aliphatic hydroxyl groups excluding tert-OH is 1. The van der Waals surface area contributed by atoms with Crippen LogP contribution >= 0.6 is 22.7 Å². The van der Waals surface area contributed by atoms with E-state index in [2.05, 4.69) is 41.2 Å². The van der Waals surface area contributed by atoms with E-state index in [1.54, 1.807) is 23.6 Å². The number of anilines is 2. The van der Waals surface area contributed by atoms with E-state index in [9.17, 15) is 29.1 Å². The molecule has 8 rings (SSSR count). The minimum Gasteiger partial charge on any atom is -0.491 e. The van der Waals surface area contributed by atoms with E-state index in [-0.39, 0.29) is 48.7 Å². The maximum Gasteiger partial charge on any atom is 0.411 e. The van der Waals surface area contributed by atoms with Crippen LogP contribution in [-0.4, -0.2) is 97.1 Å². The van der Waals surface area contributed by atoms with Crippen LogP contribution in [0.2, 0.25) is 0 Å². The molecule has 17 nitrogen and oxygen atoms in total. The molecule has 5 heterocycles. The van der Waals surface area contributed by atoms with Crippen molar-refractivity contribution < 1.29 is 38.6 Å². The Morgan fingerprint density at radius 3 is 2.37 bits per heavy atom. The Morgan fingerprint density at radius 1 is 0.853 bits per heavy atom. The van der Waals surface area contributed by atoms with Gasteiger partial charge in [-0.2, -0.15) is 0 Å². The lowest BCUT2D eigenvalue weighted by Crippen LogP contribution is -2.57. The fourth-order valence-corrected chi connectivity index (χ4v) is 11.1. The molecule has 396 valence electrons. The van der Waals surface area contributed by atoms with Gasteiger partial charge in [0.1, 0.15) is 23.9 Å². The number of aromatic nitrogens is 4.